The third-order valence-corrected chi connectivity index (χ3v) is 5.17. The number of nitrogens with zero attached hydrogens (tertiary/aromatic N) is 1. The van der Waals surface area contributed by atoms with Crippen LogP contribution in [0.25, 0.3) is 11.0 Å². The highest BCUT2D eigenvalue weighted by Crippen LogP contribution is 2.21. The summed E-state index contributed by atoms with van der Waals surface area (Å²) in [6.07, 6.45) is 8.19. The van der Waals surface area contributed by atoms with Crippen molar-refractivity contribution in [3.05, 3.63) is 23.8 Å². The summed E-state index contributed by atoms with van der Waals surface area (Å²) in [6, 6.07) is 7.15. The maximum absolute atomic E-state index is 4.63. The zero-order valence-electron chi connectivity index (χ0n) is 12.8. The highest BCUT2D eigenvalue weighted by Gasteiger charge is 2.11. The third kappa shape index (κ3) is 4.24. The number of benzene rings is 1. The molecule has 1 fully saturated rings. The molecule has 3 nitrogen and oxygen atoms in total. The standard InChI is InChI=1S/C17H25N3S/c1-13-8-9-15-16(12-13)20-17(19-15)21-11-5-10-18-14-6-3-2-4-7-14/h8-9,12,14,18H,2-7,10-11H2,1H3,(H,19,20). The summed E-state index contributed by atoms with van der Waals surface area (Å²) in [4.78, 5) is 8.04. The molecule has 1 aliphatic carbocycles. The number of aromatic amines is 1. The number of thioether (sulfide) groups is 1. The van der Waals surface area contributed by atoms with E-state index >= 15 is 0 Å². The fourth-order valence-corrected chi connectivity index (χ4v) is 3.85. The highest BCUT2D eigenvalue weighted by atomic mass is 32.2. The molecular formula is C17H25N3S. The summed E-state index contributed by atoms with van der Waals surface area (Å²) < 4.78 is 0. The Kier molecular flexibility index (Phi) is 5.20. The number of aryl methyl sites for hydroxylation is 1. The summed E-state index contributed by atoms with van der Waals surface area (Å²) in [5.41, 5.74) is 3.50. The molecule has 0 saturated heterocycles. The first-order valence-electron chi connectivity index (χ1n) is 8.14. The van der Waals surface area contributed by atoms with Crippen LogP contribution in [0.1, 0.15) is 44.1 Å². The van der Waals surface area contributed by atoms with Crippen LogP contribution in [-0.2, 0) is 0 Å². The molecule has 0 amide bonds. The fraction of sp³-hybridized carbons (Fsp3) is 0.588. The van der Waals surface area contributed by atoms with Crippen LogP contribution in [0.2, 0.25) is 0 Å². The molecule has 2 aromatic rings. The summed E-state index contributed by atoms with van der Waals surface area (Å²) in [6.45, 7) is 3.25. The Morgan fingerprint density at radius 2 is 2.14 bits per heavy atom. The van der Waals surface area contributed by atoms with Gasteiger partial charge in [-0.05, 0) is 50.4 Å². The molecule has 1 aromatic carbocycles. The van der Waals surface area contributed by atoms with Crippen molar-refractivity contribution in [3.63, 3.8) is 0 Å². The van der Waals surface area contributed by atoms with Crippen LogP contribution in [0.3, 0.4) is 0 Å². The molecule has 3 rings (SSSR count). The molecule has 21 heavy (non-hydrogen) atoms. The number of aromatic nitrogens is 2. The monoisotopic (exact) mass is 303 g/mol. The van der Waals surface area contributed by atoms with Gasteiger partial charge in [-0.15, -0.1) is 0 Å². The molecule has 0 radical (unpaired) electrons. The van der Waals surface area contributed by atoms with Crippen LogP contribution in [0, 0.1) is 6.92 Å². The summed E-state index contributed by atoms with van der Waals surface area (Å²) >= 11 is 1.83. The van der Waals surface area contributed by atoms with Gasteiger partial charge >= 0.3 is 0 Å². The predicted octanol–water partition coefficient (Wildman–Crippen LogP) is 4.28. The summed E-state index contributed by atoms with van der Waals surface area (Å²) in [7, 11) is 0. The van der Waals surface area contributed by atoms with Gasteiger partial charge in [0.05, 0.1) is 11.0 Å². The van der Waals surface area contributed by atoms with E-state index in [-0.39, 0.29) is 0 Å². The maximum Gasteiger partial charge on any atom is 0.166 e. The zero-order chi connectivity index (χ0) is 14.5. The van der Waals surface area contributed by atoms with Gasteiger partial charge < -0.3 is 10.3 Å². The predicted molar refractivity (Wildman–Crippen MR) is 91.0 cm³/mol. The highest BCUT2D eigenvalue weighted by molar-refractivity contribution is 7.99. The van der Waals surface area contributed by atoms with E-state index < -0.39 is 0 Å². The van der Waals surface area contributed by atoms with Crippen molar-refractivity contribution in [2.45, 2.75) is 56.6 Å². The molecule has 0 spiro atoms. The maximum atomic E-state index is 4.63. The number of hydrogen-bond acceptors (Lipinski definition) is 3. The van der Waals surface area contributed by atoms with Crippen molar-refractivity contribution in [3.8, 4) is 0 Å². The molecule has 1 aromatic heterocycles. The van der Waals surface area contributed by atoms with Gasteiger partial charge in [-0.2, -0.15) is 0 Å². The van der Waals surface area contributed by atoms with Crippen LogP contribution in [0.5, 0.6) is 0 Å². The second kappa shape index (κ2) is 7.32. The number of fused-ring (bicyclic) bond motifs is 1. The molecule has 114 valence electrons. The number of imidazole rings is 1. The lowest BCUT2D eigenvalue weighted by atomic mass is 9.95. The van der Waals surface area contributed by atoms with Crippen LogP contribution >= 0.6 is 11.8 Å². The average Bonchev–Trinajstić information content (AvgIpc) is 2.90. The normalized spacial score (nSPS) is 16.6. The van der Waals surface area contributed by atoms with Gasteiger partial charge in [0, 0.05) is 11.8 Å². The number of rotatable bonds is 6. The number of hydrogen-bond donors (Lipinski definition) is 2. The molecule has 1 aliphatic rings. The SMILES string of the molecule is Cc1ccc2nc(SCCCNC3CCCCC3)[nH]c2c1. The van der Waals surface area contributed by atoms with Gasteiger partial charge in [0.2, 0.25) is 0 Å². The minimum absolute atomic E-state index is 0.776. The van der Waals surface area contributed by atoms with Gasteiger partial charge in [-0.1, -0.05) is 37.1 Å². The van der Waals surface area contributed by atoms with E-state index in [9.17, 15) is 0 Å². The molecule has 1 heterocycles. The molecule has 0 aliphatic heterocycles. The molecule has 0 unspecified atom stereocenters. The van der Waals surface area contributed by atoms with Crippen molar-refractivity contribution in [1.82, 2.24) is 15.3 Å². The third-order valence-electron chi connectivity index (χ3n) is 4.21. The Morgan fingerprint density at radius 3 is 3.00 bits per heavy atom. The lowest BCUT2D eigenvalue weighted by Crippen LogP contribution is -2.31. The first-order valence-corrected chi connectivity index (χ1v) is 9.12. The lowest BCUT2D eigenvalue weighted by molar-refractivity contribution is 0.375. The van der Waals surface area contributed by atoms with Crippen LogP contribution in [0.4, 0.5) is 0 Å². The first-order chi connectivity index (χ1) is 10.3. The first kappa shape index (κ1) is 14.9. The molecule has 1 saturated carbocycles. The Balaban J connectivity index is 1.40. The fourth-order valence-electron chi connectivity index (χ4n) is 3.02. The van der Waals surface area contributed by atoms with E-state index in [1.807, 2.05) is 11.8 Å². The Morgan fingerprint density at radius 1 is 1.29 bits per heavy atom. The topological polar surface area (TPSA) is 40.7 Å². The molecule has 4 heteroatoms. The van der Waals surface area contributed by atoms with E-state index in [2.05, 4.69) is 40.4 Å². The van der Waals surface area contributed by atoms with Crippen molar-refractivity contribution in [1.29, 1.82) is 0 Å². The van der Waals surface area contributed by atoms with Crippen LogP contribution < -0.4 is 5.32 Å². The smallest absolute Gasteiger partial charge is 0.166 e. The minimum atomic E-state index is 0.776. The van der Waals surface area contributed by atoms with Gasteiger partial charge in [-0.3, -0.25) is 0 Å². The number of H-pyrrole nitrogens is 1. The largest absolute Gasteiger partial charge is 0.333 e. The van der Waals surface area contributed by atoms with E-state index in [1.165, 1.54) is 44.1 Å². The van der Waals surface area contributed by atoms with E-state index in [1.54, 1.807) is 0 Å². The van der Waals surface area contributed by atoms with Gasteiger partial charge in [0.15, 0.2) is 5.16 Å². The van der Waals surface area contributed by atoms with Crippen LogP contribution in [-0.4, -0.2) is 28.3 Å². The number of nitrogens with one attached hydrogen (secondary N) is 2. The van der Waals surface area contributed by atoms with Gasteiger partial charge in [0.25, 0.3) is 0 Å². The average molecular weight is 303 g/mol. The van der Waals surface area contributed by atoms with E-state index in [4.69, 9.17) is 0 Å². The van der Waals surface area contributed by atoms with Crippen molar-refractivity contribution in [2.24, 2.45) is 0 Å². The van der Waals surface area contributed by atoms with Gasteiger partial charge in [-0.25, -0.2) is 4.98 Å². The van der Waals surface area contributed by atoms with Crippen molar-refractivity contribution >= 4 is 22.8 Å². The Bertz CT molecular complexity index is 572. The van der Waals surface area contributed by atoms with Crippen molar-refractivity contribution in [2.75, 3.05) is 12.3 Å². The summed E-state index contributed by atoms with van der Waals surface area (Å²) in [5, 5.41) is 4.75. The molecular weight excluding hydrogens is 278 g/mol. The Labute approximate surface area is 131 Å². The molecule has 2 N–H and O–H groups in total. The Hall–Kier alpha value is -1.00. The molecule has 0 bridgehead atoms. The van der Waals surface area contributed by atoms with Crippen molar-refractivity contribution < 1.29 is 0 Å². The van der Waals surface area contributed by atoms with Crippen LogP contribution in [0.15, 0.2) is 23.4 Å². The van der Waals surface area contributed by atoms with Gasteiger partial charge in [0.1, 0.15) is 0 Å². The zero-order valence-corrected chi connectivity index (χ0v) is 13.6. The second-order valence-electron chi connectivity index (χ2n) is 6.05. The quantitative estimate of drug-likeness (QED) is 0.618. The van der Waals surface area contributed by atoms with E-state index in [0.29, 0.717) is 0 Å². The summed E-state index contributed by atoms with van der Waals surface area (Å²) in [5.74, 6) is 1.12. The minimum Gasteiger partial charge on any atom is -0.333 e. The lowest BCUT2D eigenvalue weighted by Gasteiger charge is -2.22. The van der Waals surface area contributed by atoms with E-state index in [0.717, 1.165) is 34.5 Å². The second-order valence-corrected chi connectivity index (χ2v) is 7.14. The molecule has 0 atom stereocenters.